The Balaban J connectivity index is 1.29. The van der Waals surface area contributed by atoms with Gasteiger partial charge in [-0.05, 0) is 48.5 Å². The maximum atomic E-state index is 13.2. The number of aromatic nitrogens is 6. The molecule has 0 unspecified atom stereocenters. The molecule has 0 bridgehead atoms. The summed E-state index contributed by atoms with van der Waals surface area (Å²) in [5.41, 5.74) is 1.85. The van der Waals surface area contributed by atoms with Crippen molar-refractivity contribution in [3.63, 3.8) is 0 Å². The Labute approximate surface area is 178 Å². The first kappa shape index (κ1) is 18.2. The highest BCUT2D eigenvalue weighted by Gasteiger charge is 2.18. The highest BCUT2D eigenvalue weighted by atomic mass is 19.1. The van der Waals surface area contributed by atoms with E-state index >= 15 is 0 Å². The molecule has 0 saturated carbocycles. The van der Waals surface area contributed by atoms with Crippen molar-refractivity contribution in [2.45, 2.75) is 6.54 Å². The van der Waals surface area contributed by atoms with Gasteiger partial charge in [-0.15, -0.1) is 0 Å². The zero-order valence-corrected chi connectivity index (χ0v) is 16.3. The van der Waals surface area contributed by atoms with Gasteiger partial charge < -0.3 is 14.0 Å². The summed E-state index contributed by atoms with van der Waals surface area (Å²) < 4.78 is 31.7. The van der Waals surface area contributed by atoms with Crippen molar-refractivity contribution >= 4 is 5.52 Å². The van der Waals surface area contributed by atoms with E-state index in [1.54, 1.807) is 36.4 Å². The molecule has 0 atom stereocenters. The minimum atomic E-state index is -0.379. The molecule has 11 heteroatoms. The van der Waals surface area contributed by atoms with Crippen LogP contribution in [0.4, 0.5) is 4.39 Å². The van der Waals surface area contributed by atoms with E-state index in [1.807, 2.05) is 0 Å². The van der Waals surface area contributed by atoms with Crippen LogP contribution in [0.3, 0.4) is 0 Å². The van der Waals surface area contributed by atoms with Gasteiger partial charge in [0.05, 0.1) is 5.69 Å². The number of halogens is 1. The topological polar surface area (TPSA) is 110 Å². The first-order valence-electron chi connectivity index (χ1n) is 9.58. The molecular weight excluding hydrogens is 419 g/mol. The van der Waals surface area contributed by atoms with Crippen molar-refractivity contribution in [3.8, 4) is 34.1 Å². The summed E-state index contributed by atoms with van der Waals surface area (Å²) in [4.78, 5) is 17.2. The number of nitrogens with zero attached hydrogens (tertiary/aromatic N) is 6. The van der Waals surface area contributed by atoms with Gasteiger partial charge in [0.15, 0.2) is 11.5 Å². The number of hydrogen-bond acceptors (Lipinski definition) is 8. The molecule has 0 N–H and O–H groups in total. The van der Waals surface area contributed by atoms with E-state index in [0.717, 1.165) is 0 Å². The molecule has 6 rings (SSSR count). The summed E-state index contributed by atoms with van der Waals surface area (Å²) in [5.74, 6) is 1.49. The van der Waals surface area contributed by atoms with Crippen LogP contribution < -0.4 is 15.0 Å². The first-order chi connectivity index (χ1) is 15.6. The average Bonchev–Trinajstić information content (AvgIpc) is 3.55. The van der Waals surface area contributed by atoms with Crippen LogP contribution >= 0.6 is 0 Å². The molecule has 5 aromatic rings. The lowest BCUT2D eigenvalue weighted by molar-refractivity contribution is 0.174. The Hall–Kier alpha value is -4.54. The molecule has 0 fully saturated rings. The maximum Gasteiger partial charge on any atom is 0.293 e. The molecule has 158 valence electrons. The zero-order chi connectivity index (χ0) is 21.7. The lowest BCUT2D eigenvalue weighted by atomic mass is 10.1. The first-order valence-corrected chi connectivity index (χ1v) is 9.58. The summed E-state index contributed by atoms with van der Waals surface area (Å²) in [7, 11) is 0. The van der Waals surface area contributed by atoms with Crippen LogP contribution in [-0.2, 0) is 6.54 Å². The zero-order valence-electron chi connectivity index (χ0n) is 16.3. The molecule has 10 nitrogen and oxygen atoms in total. The van der Waals surface area contributed by atoms with E-state index < -0.39 is 0 Å². The van der Waals surface area contributed by atoms with Crippen LogP contribution in [-0.4, -0.2) is 36.3 Å². The molecule has 1 aliphatic rings. The second-order valence-electron chi connectivity index (χ2n) is 7.04. The van der Waals surface area contributed by atoms with E-state index in [1.165, 1.54) is 27.7 Å². The molecule has 0 radical (unpaired) electrons. The molecule has 1 aliphatic heterocycles. The SMILES string of the molecule is O=c1c2cc(-c3ccc(F)cc3)nn2cnn1Cc1nc(-c2ccc3c(c2)OCO3)no1. The Morgan fingerprint density at radius 3 is 2.69 bits per heavy atom. The Morgan fingerprint density at radius 2 is 1.81 bits per heavy atom. The molecule has 0 saturated heterocycles. The monoisotopic (exact) mass is 432 g/mol. The third-order valence-corrected chi connectivity index (χ3v) is 5.01. The van der Waals surface area contributed by atoms with Crippen LogP contribution in [0.5, 0.6) is 11.5 Å². The van der Waals surface area contributed by atoms with Crippen LogP contribution in [0.25, 0.3) is 28.2 Å². The number of hydrogen-bond donors (Lipinski definition) is 0. The Kier molecular flexibility index (Phi) is 4.00. The van der Waals surface area contributed by atoms with Gasteiger partial charge >= 0.3 is 0 Å². The third kappa shape index (κ3) is 3.07. The van der Waals surface area contributed by atoms with Gasteiger partial charge in [0.1, 0.15) is 24.2 Å². The quantitative estimate of drug-likeness (QED) is 0.426. The van der Waals surface area contributed by atoms with Gasteiger partial charge in [-0.25, -0.2) is 13.6 Å². The molecule has 4 heterocycles. The summed E-state index contributed by atoms with van der Waals surface area (Å²) in [6, 6.07) is 12.8. The summed E-state index contributed by atoms with van der Waals surface area (Å²) in [6.07, 6.45) is 1.42. The van der Waals surface area contributed by atoms with Crippen molar-refractivity contribution in [2.75, 3.05) is 6.79 Å². The second-order valence-corrected chi connectivity index (χ2v) is 7.04. The van der Waals surface area contributed by atoms with Gasteiger partial charge in [0.2, 0.25) is 18.5 Å². The molecule has 2 aromatic carbocycles. The normalized spacial score (nSPS) is 12.5. The third-order valence-electron chi connectivity index (χ3n) is 5.01. The van der Waals surface area contributed by atoms with Crippen molar-refractivity contribution in [1.29, 1.82) is 0 Å². The number of rotatable bonds is 4. The van der Waals surface area contributed by atoms with Crippen LogP contribution in [0, 0.1) is 5.82 Å². The lowest BCUT2D eigenvalue weighted by Crippen LogP contribution is -2.25. The van der Waals surface area contributed by atoms with E-state index in [-0.39, 0.29) is 30.6 Å². The van der Waals surface area contributed by atoms with Crippen molar-refractivity contribution in [2.24, 2.45) is 0 Å². The minimum absolute atomic E-state index is 0.00997. The summed E-state index contributed by atoms with van der Waals surface area (Å²) in [5, 5.41) is 12.4. The fourth-order valence-electron chi connectivity index (χ4n) is 3.41. The molecule has 3 aromatic heterocycles. The van der Waals surface area contributed by atoms with Crippen molar-refractivity contribution in [1.82, 2.24) is 29.5 Å². The minimum Gasteiger partial charge on any atom is -0.454 e. The van der Waals surface area contributed by atoms with E-state index in [9.17, 15) is 9.18 Å². The number of fused-ring (bicyclic) bond motifs is 2. The summed E-state index contributed by atoms with van der Waals surface area (Å²) >= 11 is 0. The largest absolute Gasteiger partial charge is 0.454 e. The Morgan fingerprint density at radius 1 is 1.00 bits per heavy atom. The van der Waals surface area contributed by atoms with Gasteiger partial charge in [-0.3, -0.25) is 4.79 Å². The van der Waals surface area contributed by atoms with Gasteiger partial charge in [-0.2, -0.15) is 15.2 Å². The molecule has 0 aliphatic carbocycles. The standard InChI is InChI=1S/C21H13FN6O4/c22-14-4-1-12(2-5-14)15-8-16-21(29)27(23-10-28(16)25-15)9-19-24-20(26-32-19)13-3-6-17-18(7-13)31-11-30-17/h1-8,10H,9,11H2. The smallest absolute Gasteiger partial charge is 0.293 e. The highest BCUT2D eigenvalue weighted by molar-refractivity contribution is 5.65. The molecular formula is C21H13FN6O4. The average molecular weight is 432 g/mol. The number of ether oxygens (including phenoxy) is 2. The van der Waals surface area contributed by atoms with Crippen LogP contribution in [0.15, 0.2) is 64.2 Å². The molecule has 0 spiro atoms. The fraction of sp³-hybridized carbons (Fsp3) is 0.0952. The van der Waals surface area contributed by atoms with Gasteiger partial charge in [-0.1, -0.05) is 5.16 Å². The van der Waals surface area contributed by atoms with Crippen molar-refractivity contribution in [3.05, 3.63) is 76.9 Å². The van der Waals surface area contributed by atoms with E-state index in [0.29, 0.717) is 39.7 Å². The van der Waals surface area contributed by atoms with Crippen molar-refractivity contribution < 1.29 is 18.4 Å². The fourth-order valence-corrected chi connectivity index (χ4v) is 3.41. The predicted molar refractivity (Wildman–Crippen MR) is 108 cm³/mol. The van der Waals surface area contributed by atoms with Gasteiger partial charge in [0, 0.05) is 11.1 Å². The summed E-state index contributed by atoms with van der Waals surface area (Å²) in [6.45, 7) is 0.161. The van der Waals surface area contributed by atoms with Crippen LogP contribution in [0.2, 0.25) is 0 Å². The van der Waals surface area contributed by atoms with E-state index in [2.05, 4.69) is 20.3 Å². The number of benzene rings is 2. The maximum absolute atomic E-state index is 13.2. The Bertz CT molecular complexity index is 1520. The van der Waals surface area contributed by atoms with Gasteiger partial charge in [0.25, 0.3) is 5.56 Å². The molecule has 32 heavy (non-hydrogen) atoms. The van der Waals surface area contributed by atoms with E-state index in [4.69, 9.17) is 14.0 Å². The van der Waals surface area contributed by atoms with Crippen LogP contribution in [0.1, 0.15) is 5.89 Å². The predicted octanol–water partition coefficient (Wildman–Crippen LogP) is 2.52. The second kappa shape index (κ2) is 7.01. The molecule has 0 amide bonds. The lowest BCUT2D eigenvalue weighted by Gasteiger charge is -2.00. The highest BCUT2D eigenvalue weighted by Crippen LogP contribution is 2.35.